The summed E-state index contributed by atoms with van der Waals surface area (Å²) in [5.74, 6) is -1.34. The lowest BCUT2D eigenvalue weighted by atomic mass is 9.77. The number of hydrogen-bond donors (Lipinski definition) is 4. The number of carbonyl (C=O) groups is 2. The first-order valence-electron chi connectivity index (χ1n) is 14.0. The van der Waals surface area contributed by atoms with Gasteiger partial charge >= 0.3 is 6.09 Å². The zero-order valence-electron chi connectivity index (χ0n) is 24.9. The molecule has 43 heavy (non-hydrogen) atoms. The van der Waals surface area contributed by atoms with Crippen LogP contribution < -0.4 is 26.4 Å². The Balaban J connectivity index is 1.62. The summed E-state index contributed by atoms with van der Waals surface area (Å²) in [6.45, 7) is 7.74. The van der Waals surface area contributed by atoms with E-state index >= 15 is 4.39 Å². The zero-order chi connectivity index (χ0) is 31.1. The van der Waals surface area contributed by atoms with Crippen LogP contribution in [0.5, 0.6) is 5.88 Å². The lowest BCUT2D eigenvalue weighted by Crippen LogP contribution is -2.51. The topological polar surface area (TPSA) is 180 Å². The molecule has 2 amide bonds. The highest BCUT2D eigenvalue weighted by Crippen LogP contribution is 2.34. The van der Waals surface area contributed by atoms with Gasteiger partial charge in [0.05, 0.1) is 42.5 Å². The number of nitrogens with one attached hydrogen (secondary N) is 3. The Hall–Kier alpha value is -4.53. The van der Waals surface area contributed by atoms with Crippen molar-refractivity contribution in [1.29, 1.82) is 0 Å². The van der Waals surface area contributed by atoms with Crippen molar-refractivity contribution < 1.29 is 28.2 Å². The Morgan fingerprint density at radius 1 is 1.16 bits per heavy atom. The molecule has 1 saturated carbocycles. The monoisotopic (exact) mass is 599 g/mol. The first-order chi connectivity index (χ1) is 20.4. The maximum Gasteiger partial charge on any atom is 0.407 e. The molecule has 0 unspecified atom stereocenters. The molecule has 4 rings (SSSR count). The molecule has 0 spiro atoms. The van der Waals surface area contributed by atoms with E-state index in [0.717, 1.165) is 25.3 Å². The minimum absolute atomic E-state index is 0.00531. The Morgan fingerprint density at radius 2 is 1.88 bits per heavy atom. The molecule has 0 aromatic carbocycles. The summed E-state index contributed by atoms with van der Waals surface area (Å²) < 4.78 is 31.5. The number of halogens is 1. The fourth-order valence-electron chi connectivity index (χ4n) is 4.53. The summed E-state index contributed by atoms with van der Waals surface area (Å²) in [6, 6.07) is 1.88. The predicted molar refractivity (Wildman–Crippen MR) is 156 cm³/mol. The van der Waals surface area contributed by atoms with Gasteiger partial charge in [0.2, 0.25) is 5.88 Å². The maximum absolute atomic E-state index is 15.3. The van der Waals surface area contributed by atoms with Crippen molar-refractivity contribution >= 4 is 29.3 Å². The molecule has 1 aliphatic carbocycles. The number of anilines is 3. The number of nitrogens with zero attached hydrogens (tertiary/aromatic N) is 5. The quantitative estimate of drug-likeness (QED) is 0.211. The minimum atomic E-state index is -0.877. The number of methoxy groups -OCH3 is 1. The van der Waals surface area contributed by atoms with Gasteiger partial charge in [-0.2, -0.15) is 10.2 Å². The van der Waals surface area contributed by atoms with Gasteiger partial charge in [0.25, 0.3) is 5.91 Å². The van der Waals surface area contributed by atoms with Crippen molar-refractivity contribution in [3.05, 3.63) is 42.1 Å². The number of rotatable bonds is 13. The number of nitrogens with two attached hydrogens (primary N) is 1. The van der Waals surface area contributed by atoms with E-state index in [1.54, 1.807) is 33.9 Å². The minimum Gasteiger partial charge on any atom is -0.474 e. The van der Waals surface area contributed by atoms with Crippen LogP contribution in [0.2, 0.25) is 0 Å². The molecule has 14 nitrogen and oxygen atoms in total. The molecule has 3 aromatic rings. The Labute approximate surface area is 248 Å². The van der Waals surface area contributed by atoms with Gasteiger partial charge in [-0.3, -0.25) is 4.79 Å². The van der Waals surface area contributed by atoms with Crippen LogP contribution in [-0.4, -0.2) is 75.0 Å². The smallest absolute Gasteiger partial charge is 0.407 e. The number of ether oxygens (including phenoxy) is 3. The van der Waals surface area contributed by atoms with Crippen molar-refractivity contribution in [1.82, 2.24) is 30.3 Å². The fraction of sp³-hybridized carbons (Fsp3) is 0.500. The van der Waals surface area contributed by atoms with E-state index in [4.69, 9.17) is 19.9 Å². The van der Waals surface area contributed by atoms with E-state index in [-0.39, 0.29) is 41.6 Å². The van der Waals surface area contributed by atoms with E-state index in [1.807, 2.05) is 6.92 Å². The van der Waals surface area contributed by atoms with Crippen LogP contribution in [0.15, 0.2) is 30.7 Å². The molecule has 5 N–H and O–H groups in total. The number of hydrogen-bond acceptors (Lipinski definition) is 11. The summed E-state index contributed by atoms with van der Waals surface area (Å²) in [6.07, 6.45) is 6.72. The van der Waals surface area contributed by atoms with Crippen molar-refractivity contribution in [3.8, 4) is 11.6 Å². The average molecular weight is 600 g/mol. The molecular formula is C28H38FN9O5. The summed E-state index contributed by atoms with van der Waals surface area (Å²) in [4.78, 5) is 34.8. The molecule has 232 valence electrons. The molecule has 0 radical (unpaired) electrons. The van der Waals surface area contributed by atoms with E-state index in [9.17, 15) is 9.59 Å². The SMILES string of the molecule is COCCOc1ncc(Nc2nc(N[C@H](C3CCC3)[C@H](C)NC(=O)OC(C)(C)C)c(F)cc2C(N)=O)cc1-n1nccn1. The molecule has 1 aliphatic rings. The molecule has 3 aromatic heterocycles. The first-order valence-corrected chi connectivity index (χ1v) is 14.0. The maximum atomic E-state index is 15.3. The number of amides is 2. The van der Waals surface area contributed by atoms with Crippen LogP contribution >= 0.6 is 0 Å². The number of aromatic nitrogens is 5. The number of carbonyl (C=O) groups excluding carboxylic acids is 2. The second-order valence-corrected chi connectivity index (χ2v) is 11.2. The summed E-state index contributed by atoms with van der Waals surface area (Å²) in [5, 5.41) is 17.3. The van der Waals surface area contributed by atoms with Crippen LogP contribution in [0.3, 0.4) is 0 Å². The number of pyridine rings is 2. The third-order valence-electron chi connectivity index (χ3n) is 6.74. The van der Waals surface area contributed by atoms with Gasteiger partial charge in [-0.25, -0.2) is 19.2 Å². The number of alkyl carbamates (subject to hydrolysis) is 1. The highest BCUT2D eigenvalue weighted by Gasteiger charge is 2.34. The Kier molecular flexibility index (Phi) is 9.95. The van der Waals surface area contributed by atoms with Gasteiger partial charge in [0, 0.05) is 13.2 Å². The molecule has 15 heteroatoms. The van der Waals surface area contributed by atoms with Crippen LogP contribution in [-0.2, 0) is 9.47 Å². The lowest BCUT2D eigenvalue weighted by molar-refractivity contribution is 0.0492. The van der Waals surface area contributed by atoms with Gasteiger partial charge in [-0.05, 0) is 58.6 Å². The van der Waals surface area contributed by atoms with Crippen molar-refractivity contribution in [2.45, 2.75) is 64.6 Å². The highest BCUT2D eigenvalue weighted by atomic mass is 19.1. The fourth-order valence-corrected chi connectivity index (χ4v) is 4.53. The van der Waals surface area contributed by atoms with E-state index in [1.165, 1.54) is 23.4 Å². The predicted octanol–water partition coefficient (Wildman–Crippen LogP) is 3.56. The Morgan fingerprint density at radius 3 is 2.49 bits per heavy atom. The summed E-state index contributed by atoms with van der Waals surface area (Å²) >= 11 is 0. The van der Waals surface area contributed by atoms with Gasteiger partial charge in [0.15, 0.2) is 11.6 Å². The standard InChI is InChI=1S/C28H38FN9O5/c1-16(34-27(40)43-28(2,3)4)22(17-7-6-8-17)36-25-20(29)14-19(23(30)39)24(37-25)35-18-13-21(38-32-9-10-33-38)26(31-15-18)42-12-11-41-5/h9-10,13-17,22H,6-8,11-12H2,1-5H3,(H2,30,39)(H,34,40)(H2,35,36,37)/t16-,22-/m0/s1. The molecule has 0 aliphatic heterocycles. The molecule has 0 saturated heterocycles. The Bertz CT molecular complexity index is 1410. The molecule has 1 fully saturated rings. The first kappa shape index (κ1) is 31.4. The molecule has 3 heterocycles. The normalized spacial score (nSPS) is 14.7. The van der Waals surface area contributed by atoms with Gasteiger partial charge in [0.1, 0.15) is 23.7 Å². The third-order valence-corrected chi connectivity index (χ3v) is 6.74. The van der Waals surface area contributed by atoms with Crippen LogP contribution in [0.4, 0.5) is 26.5 Å². The van der Waals surface area contributed by atoms with Crippen molar-refractivity contribution in [2.24, 2.45) is 11.7 Å². The molecular weight excluding hydrogens is 561 g/mol. The lowest BCUT2D eigenvalue weighted by Gasteiger charge is -2.38. The summed E-state index contributed by atoms with van der Waals surface area (Å²) in [5.41, 5.74) is 5.53. The van der Waals surface area contributed by atoms with Crippen LogP contribution in [0.25, 0.3) is 5.69 Å². The second kappa shape index (κ2) is 13.6. The van der Waals surface area contributed by atoms with E-state index in [0.29, 0.717) is 18.0 Å². The van der Waals surface area contributed by atoms with E-state index < -0.39 is 29.5 Å². The summed E-state index contributed by atoms with van der Waals surface area (Å²) in [7, 11) is 1.56. The zero-order valence-corrected chi connectivity index (χ0v) is 24.9. The van der Waals surface area contributed by atoms with Gasteiger partial charge in [-0.15, -0.1) is 4.80 Å². The van der Waals surface area contributed by atoms with Crippen LogP contribution in [0, 0.1) is 11.7 Å². The van der Waals surface area contributed by atoms with Gasteiger partial charge < -0.3 is 35.9 Å². The molecule has 0 bridgehead atoms. The van der Waals surface area contributed by atoms with Crippen molar-refractivity contribution in [3.63, 3.8) is 0 Å². The average Bonchev–Trinajstić information content (AvgIpc) is 3.43. The third kappa shape index (κ3) is 8.28. The highest BCUT2D eigenvalue weighted by molar-refractivity contribution is 5.98. The van der Waals surface area contributed by atoms with Crippen molar-refractivity contribution in [2.75, 3.05) is 31.0 Å². The van der Waals surface area contributed by atoms with E-state index in [2.05, 4.69) is 36.1 Å². The second-order valence-electron chi connectivity index (χ2n) is 11.2. The number of primary amides is 1. The van der Waals surface area contributed by atoms with Crippen LogP contribution in [0.1, 0.15) is 57.3 Å². The molecule has 2 atom stereocenters. The largest absolute Gasteiger partial charge is 0.474 e. The van der Waals surface area contributed by atoms with Gasteiger partial charge in [-0.1, -0.05) is 6.42 Å².